The maximum Gasteiger partial charge on any atom is 0.141 e. The maximum absolute atomic E-state index is 9.13. The molecule has 23 nitrogen and oxygen atoms in total. The minimum atomic E-state index is 0.410. The normalized spacial score (nSPS) is 15.1. The van der Waals surface area contributed by atoms with Gasteiger partial charge in [0.05, 0.1) is 74.5 Å². The minimum Gasteiger partial charge on any atom is -0.338 e. The number of hydrogen-bond donors (Lipinski definition) is 5. The standard InChI is InChI=1S/2C20H18N6S.C19H16N6S.C16H13N5/c21-9-14-7-16-17-6-13(10-23-20(17)24-18(16)11-22-14)19-8-15(25-27-19)12-26-4-2-1-3-5-26;21-8-14-7-15-16-6-13(9-24-20(16)25-17(15)10-22-14)18-11-23-19(27-18)12-26-4-2-1-3-5-26;1-2-25-4-3-17-16(10-25)24-19(26-17)11-5-14-13-6-12(7-20)21-9-15(13)23-18(14)22-8-11;17-7-12-6-13-14-5-11(10-1-3-18-4-2-10)8-20-16(14)21-15(13)9-19-12/h6-8,10-11H,1-5,12H2,(H,23,24);6-7,9-11H,1-5,12H2,(H,24,25);5-6,8-9H,2-4,10H2,1H3,(H,22,23);1,5-6,8-9,18H,2-4H2,(H,20,21). The highest BCUT2D eigenvalue weighted by Crippen LogP contribution is 2.37. The van der Waals surface area contributed by atoms with Crippen LogP contribution < -0.4 is 5.32 Å². The first-order valence-electron chi connectivity index (χ1n) is 33.9. The number of rotatable bonds is 9. The highest BCUT2D eigenvalue weighted by molar-refractivity contribution is 7.15. The number of nitrogens with one attached hydrogen (secondary N) is 5. The van der Waals surface area contributed by atoms with E-state index in [-0.39, 0.29) is 0 Å². The van der Waals surface area contributed by atoms with E-state index < -0.39 is 0 Å². The highest BCUT2D eigenvalue weighted by atomic mass is 32.1. The van der Waals surface area contributed by atoms with E-state index in [1.165, 1.54) is 92.4 Å². The lowest BCUT2D eigenvalue weighted by Crippen LogP contribution is -2.29. The Morgan fingerprint density at radius 1 is 0.446 bits per heavy atom. The molecule has 0 atom stereocenters. The predicted octanol–water partition coefficient (Wildman–Crippen LogP) is 14.0. The summed E-state index contributed by atoms with van der Waals surface area (Å²) in [5.41, 5.74) is 16.5. The molecule has 498 valence electrons. The van der Waals surface area contributed by atoms with Gasteiger partial charge in [0.1, 0.15) is 79.7 Å². The molecule has 0 radical (unpaired) electrons. The van der Waals surface area contributed by atoms with Crippen molar-refractivity contribution in [3.8, 4) is 55.7 Å². The van der Waals surface area contributed by atoms with E-state index in [0.29, 0.717) is 22.8 Å². The molecule has 0 saturated carbocycles. The summed E-state index contributed by atoms with van der Waals surface area (Å²) in [6.07, 6.45) is 28.4. The van der Waals surface area contributed by atoms with Gasteiger partial charge < -0.3 is 25.3 Å². The van der Waals surface area contributed by atoms with E-state index in [2.05, 4.69) is 157 Å². The number of likely N-dealkylation sites (tertiary alicyclic amines) is 2. The molecule has 19 rings (SSSR count). The molecule has 0 aromatic carbocycles. The third-order valence-electron chi connectivity index (χ3n) is 19.1. The Hall–Kier alpha value is -11.2. The summed E-state index contributed by atoms with van der Waals surface area (Å²) in [4.78, 5) is 68.3. The fourth-order valence-corrected chi connectivity index (χ4v) is 16.4. The number of pyridine rings is 8. The second-order valence-corrected chi connectivity index (χ2v) is 28.6. The van der Waals surface area contributed by atoms with Crippen molar-refractivity contribution in [2.75, 3.05) is 52.4 Å². The fourth-order valence-electron chi connectivity index (χ4n) is 13.7. The summed E-state index contributed by atoms with van der Waals surface area (Å²) in [7, 11) is 0. The van der Waals surface area contributed by atoms with Gasteiger partial charge in [-0.15, -0.1) is 22.7 Å². The van der Waals surface area contributed by atoms with Crippen molar-refractivity contribution in [3.63, 3.8) is 0 Å². The van der Waals surface area contributed by atoms with Gasteiger partial charge in [-0.2, -0.15) is 25.4 Å². The average Bonchev–Trinajstić information content (AvgIpc) is 1.67. The first kappa shape index (κ1) is 64.5. The van der Waals surface area contributed by atoms with E-state index >= 15 is 0 Å². The monoisotopic (exact) mass is 1380 g/mol. The van der Waals surface area contributed by atoms with Crippen molar-refractivity contribution >= 4 is 128 Å². The van der Waals surface area contributed by atoms with Crippen molar-refractivity contribution in [2.45, 2.75) is 77.9 Å². The van der Waals surface area contributed by atoms with Crippen LogP contribution in [0.15, 0.2) is 116 Å². The minimum absolute atomic E-state index is 0.410. The lowest BCUT2D eigenvalue weighted by atomic mass is 10.0. The molecule has 0 amide bonds. The van der Waals surface area contributed by atoms with Gasteiger partial charge in [-0.05, 0) is 155 Å². The highest BCUT2D eigenvalue weighted by Gasteiger charge is 2.23. The van der Waals surface area contributed by atoms with Gasteiger partial charge in [0.15, 0.2) is 0 Å². The third-order valence-corrected chi connectivity index (χ3v) is 22.2. The molecule has 4 aliphatic heterocycles. The molecule has 15 aromatic heterocycles. The van der Waals surface area contributed by atoms with Crippen molar-refractivity contribution in [1.29, 1.82) is 21.0 Å². The van der Waals surface area contributed by atoms with Crippen LogP contribution in [0.3, 0.4) is 0 Å². The number of aromatic amines is 4. The molecule has 26 heteroatoms. The van der Waals surface area contributed by atoms with Gasteiger partial charge in [0, 0.05) is 122 Å². The number of aromatic nitrogens is 15. The van der Waals surface area contributed by atoms with Crippen molar-refractivity contribution in [2.24, 2.45) is 0 Å². The largest absolute Gasteiger partial charge is 0.338 e. The third kappa shape index (κ3) is 13.6. The summed E-state index contributed by atoms with van der Waals surface area (Å²) in [6, 6.07) is 26.3. The smallest absolute Gasteiger partial charge is 0.141 e. The number of nitriles is 4. The van der Waals surface area contributed by atoms with Crippen LogP contribution in [0.25, 0.3) is 125 Å². The molecule has 0 spiro atoms. The van der Waals surface area contributed by atoms with Crippen LogP contribution in [0.2, 0.25) is 0 Å². The van der Waals surface area contributed by atoms with Crippen LogP contribution in [-0.2, 0) is 26.1 Å². The molecule has 19 heterocycles. The predicted molar refractivity (Wildman–Crippen MR) is 396 cm³/mol. The topological polar surface area (TPSA) is 322 Å². The Labute approximate surface area is 591 Å². The Balaban J connectivity index is 0.000000105. The number of nitrogens with zero attached hydrogens (tertiary/aromatic N) is 18. The Bertz CT molecular complexity index is 5660. The van der Waals surface area contributed by atoms with Crippen molar-refractivity contribution < 1.29 is 0 Å². The Morgan fingerprint density at radius 2 is 0.921 bits per heavy atom. The SMILES string of the molecule is CCN1CCc2sc(-c3cnc4[nH]c5cnc(C#N)cc5c4c3)nc2C1.N#Cc1cc2c(cn1)[nH]c1ncc(-c3cc(CN4CCCCC4)ns3)cc12.N#Cc1cc2c(cn1)[nH]c1ncc(-c3cnc(CN4CCCCC4)s3)cc12.N#Cc1cc2c(cn1)[nH]c1ncc(C3=CCNCC3)cc12. The van der Waals surface area contributed by atoms with Crippen molar-refractivity contribution in [1.82, 2.24) is 94.2 Å². The maximum atomic E-state index is 9.13. The van der Waals surface area contributed by atoms with Crippen LogP contribution in [0.4, 0.5) is 0 Å². The lowest BCUT2D eigenvalue weighted by molar-refractivity contribution is 0.219. The number of likely N-dealkylation sites (N-methyl/N-ethyl adjacent to an activating group) is 1. The molecule has 101 heavy (non-hydrogen) atoms. The number of H-pyrrole nitrogens is 4. The fraction of sp³-hybridized carbons (Fsp3) is 0.267. The van der Waals surface area contributed by atoms with Gasteiger partial charge in [0.2, 0.25) is 0 Å². The van der Waals surface area contributed by atoms with Gasteiger partial charge in [-0.3, -0.25) is 14.7 Å². The molecular formula is C75H65N23S3. The van der Waals surface area contributed by atoms with Gasteiger partial charge >= 0.3 is 0 Å². The zero-order valence-corrected chi connectivity index (χ0v) is 57.6. The van der Waals surface area contributed by atoms with E-state index in [4.69, 9.17) is 26.0 Å². The number of fused-ring (bicyclic) bond motifs is 13. The van der Waals surface area contributed by atoms with Gasteiger partial charge in [-0.1, -0.05) is 25.8 Å². The van der Waals surface area contributed by atoms with Crippen molar-refractivity contribution in [3.05, 3.63) is 166 Å². The second-order valence-electron chi connectivity index (χ2n) is 25.6. The van der Waals surface area contributed by atoms with E-state index in [0.717, 1.165) is 194 Å². The summed E-state index contributed by atoms with van der Waals surface area (Å²) < 4.78 is 4.66. The zero-order chi connectivity index (χ0) is 68.3. The molecule has 0 unspecified atom stereocenters. The first-order chi connectivity index (χ1) is 49.7. The van der Waals surface area contributed by atoms with E-state index in [9.17, 15) is 0 Å². The quantitative estimate of drug-likeness (QED) is 0.0896. The van der Waals surface area contributed by atoms with Crippen LogP contribution in [0, 0.1) is 45.3 Å². The summed E-state index contributed by atoms with van der Waals surface area (Å²) in [5, 5.41) is 49.9. The Morgan fingerprint density at radius 3 is 1.42 bits per heavy atom. The molecule has 0 bridgehead atoms. The molecule has 0 aliphatic carbocycles. The molecule has 5 N–H and O–H groups in total. The van der Waals surface area contributed by atoms with Crippen LogP contribution >= 0.6 is 34.2 Å². The molecule has 4 aliphatic rings. The first-order valence-corrected chi connectivity index (χ1v) is 36.3. The zero-order valence-electron chi connectivity index (χ0n) is 55.2. The Kier molecular flexibility index (Phi) is 18.3. The average molecular weight is 1380 g/mol. The summed E-state index contributed by atoms with van der Waals surface area (Å²) in [6.45, 7) is 13.8. The summed E-state index contributed by atoms with van der Waals surface area (Å²) >= 11 is 5.03. The number of thiazole rings is 2. The molecule has 15 aromatic rings. The second kappa shape index (κ2) is 28.6. The van der Waals surface area contributed by atoms with E-state index in [1.54, 1.807) is 47.5 Å². The number of piperidine rings is 2. The number of hydrogen-bond acceptors (Lipinski definition) is 22. The van der Waals surface area contributed by atoms with Crippen LogP contribution in [-0.4, -0.2) is 141 Å². The summed E-state index contributed by atoms with van der Waals surface area (Å²) in [5.74, 6) is 0. The van der Waals surface area contributed by atoms with E-state index in [1.807, 2.05) is 55.2 Å². The van der Waals surface area contributed by atoms with Gasteiger partial charge in [0.25, 0.3) is 0 Å². The molecular weight excluding hydrogens is 1320 g/mol. The van der Waals surface area contributed by atoms with Crippen LogP contribution in [0.5, 0.6) is 0 Å². The van der Waals surface area contributed by atoms with Crippen LogP contribution in [0.1, 0.15) is 101 Å². The van der Waals surface area contributed by atoms with Gasteiger partial charge in [-0.25, -0.2) is 49.8 Å². The molecule has 2 saturated heterocycles. The lowest BCUT2D eigenvalue weighted by Gasteiger charge is -2.25. The molecule has 2 fully saturated rings.